The van der Waals surface area contributed by atoms with E-state index < -0.39 is 5.60 Å². The summed E-state index contributed by atoms with van der Waals surface area (Å²) in [6, 6.07) is 0. The molecule has 0 spiro atoms. The molecular formula is C14H28O2. The molecule has 2 nitrogen and oxygen atoms in total. The first kappa shape index (κ1) is 14.0. The minimum atomic E-state index is -0.402. The van der Waals surface area contributed by atoms with Crippen LogP contribution in [-0.4, -0.2) is 23.4 Å². The van der Waals surface area contributed by atoms with Gasteiger partial charge in [-0.05, 0) is 51.4 Å². The van der Waals surface area contributed by atoms with E-state index in [2.05, 4.69) is 20.8 Å². The van der Waals surface area contributed by atoms with Gasteiger partial charge in [0.15, 0.2) is 0 Å². The molecule has 2 heteroatoms. The Hall–Kier alpha value is -0.0800. The summed E-state index contributed by atoms with van der Waals surface area (Å²) in [7, 11) is 0. The van der Waals surface area contributed by atoms with Gasteiger partial charge in [-0.25, -0.2) is 0 Å². The fourth-order valence-electron chi connectivity index (χ4n) is 2.79. The van der Waals surface area contributed by atoms with Crippen LogP contribution in [0.1, 0.15) is 60.3 Å². The SMILES string of the molecule is C[C@H](OC(C)(C)CO)[C@@H]1CCCC(C)(C)C1. The van der Waals surface area contributed by atoms with Gasteiger partial charge >= 0.3 is 0 Å². The molecule has 0 aliphatic heterocycles. The molecular weight excluding hydrogens is 200 g/mol. The Morgan fingerprint density at radius 1 is 1.44 bits per heavy atom. The molecule has 1 aliphatic carbocycles. The molecule has 1 saturated carbocycles. The largest absolute Gasteiger partial charge is 0.393 e. The van der Waals surface area contributed by atoms with Gasteiger partial charge in [0.25, 0.3) is 0 Å². The molecule has 0 saturated heterocycles. The highest BCUT2D eigenvalue weighted by molar-refractivity contribution is 4.83. The number of hydrogen-bond donors (Lipinski definition) is 1. The third-order valence-corrected chi connectivity index (χ3v) is 3.79. The lowest BCUT2D eigenvalue weighted by Crippen LogP contribution is -2.38. The zero-order valence-corrected chi connectivity index (χ0v) is 11.5. The second kappa shape index (κ2) is 5.05. The molecule has 1 rings (SSSR count). The van der Waals surface area contributed by atoms with E-state index in [0.29, 0.717) is 11.3 Å². The van der Waals surface area contributed by atoms with E-state index in [0.717, 1.165) is 0 Å². The summed E-state index contributed by atoms with van der Waals surface area (Å²) in [5, 5.41) is 9.22. The third-order valence-electron chi connectivity index (χ3n) is 3.79. The molecule has 1 fully saturated rings. The average molecular weight is 228 g/mol. The van der Waals surface area contributed by atoms with Crippen molar-refractivity contribution in [2.75, 3.05) is 6.61 Å². The normalized spacial score (nSPS) is 27.8. The Morgan fingerprint density at radius 3 is 2.56 bits per heavy atom. The molecule has 0 amide bonds. The Bertz CT molecular complexity index is 221. The Kier molecular flexibility index (Phi) is 4.42. The van der Waals surface area contributed by atoms with Gasteiger partial charge in [-0.15, -0.1) is 0 Å². The van der Waals surface area contributed by atoms with E-state index in [-0.39, 0.29) is 12.7 Å². The average Bonchev–Trinajstić information content (AvgIpc) is 2.15. The maximum Gasteiger partial charge on any atom is 0.0859 e. The van der Waals surface area contributed by atoms with Gasteiger partial charge in [-0.2, -0.15) is 0 Å². The van der Waals surface area contributed by atoms with Crippen LogP contribution in [0.4, 0.5) is 0 Å². The molecule has 0 bridgehead atoms. The lowest BCUT2D eigenvalue weighted by molar-refractivity contribution is -0.119. The molecule has 1 N–H and O–H groups in total. The molecule has 0 aromatic rings. The van der Waals surface area contributed by atoms with Crippen LogP contribution in [0.2, 0.25) is 0 Å². The Balaban J connectivity index is 2.51. The molecule has 0 aromatic carbocycles. The molecule has 2 atom stereocenters. The molecule has 0 unspecified atom stereocenters. The minimum Gasteiger partial charge on any atom is -0.393 e. The quantitative estimate of drug-likeness (QED) is 0.799. The first-order chi connectivity index (χ1) is 7.26. The number of rotatable bonds is 4. The highest BCUT2D eigenvalue weighted by Gasteiger charge is 2.33. The number of ether oxygens (including phenoxy) is 1. The van der Waals surface area contributed by atoms with Gasteiger partial charge in [0.05, 0.1) is 18.3 Å². The predicted octanol–water partition coefficient (Wildman–Crippen LogP) is 3.38. The van der Waals surface area contributed by atoms with Crippen molar-refractivity contribution in [2.45, 2.75) is 72.0 Å². The van der Waals surface area contributed by atoms with Crippen molar-refractivity contribution in [3.63, 3.8) is 0 Å². The van der Waals surface area contributed by atoms with Gasteiger partial charge in [0, 0.05) is 0 Å². The highest BCUT2D eigenvalue weighted by atomic mass is 16.5. The van der Waals surface area contributed by atoms with Crippen molar-refractivity contribution >= 4 is 0 Å². The van der Waals surface area contributed by atoms with Crippen molar-refractivity contribution in [3.05, 3.63) is 0 Å². The summed E-state index contributed by atoms with van der Waals surface area (Å²) in [6.07, 6.45) is 5.41. The second-order valence-electron chi connectivity index (χ2n) is 6.76. The number of aliphatic hydroxyl groups is 1. The van der Waals surface area contributed by atoms with Crippen molar-refractivity contribution in [1.82, 2.24) is 0 Å². The second-order valence-corrected chi connectivity index (χ2v) is 6.76. The Labute approximate surface area is 100 Å². The van der Waals surface area contributed by atoms with Crippen LogP contribution in [0.5, 0.6) is 0 Å². The summed E-state index contributed by atoms with van der Waals surface area (Å²) in [6.45, 7) is 10.9. The van der Waals surface area contributed by atoms with Crippen LogP contribution < -0.4 is 0 Å². The van der Waals surface area contributed by atoms with Crippen molar-refractivity contribution in [2.24, 2.45) is 11.3 Å². The van der Waals surface area contributed by atoms with E-state index in [4.69, 9.17) is 4.74 Å². The standard InChI is InChI=1S/C14H28O2/c1-11(16-14(4,5)10-15)12-7-6-8-13(2,3)9-12/h11-12,15H,6-10H2,1-5H3/t11-,12+/m0/s1. The smallest absolute Gasteiger partial charge is 0.0859 e. The zero-order valence-electron chi connectivity index (χ0n) is 11.5. The molecule has 96 valence electrons. The van der Waals surface area contributed by atoms with E-state index in [1.165, 1.54) is 25.7 Å². The van der Waals surface area contributed by atoms with Crippen LogP contribution in [-0.2, 0) is 4.74 Å². The molecule has 1 aliphatic rings. The fraction of sp³-hybridized carbons (Fsp3) is 1.00. The maximum atomic E-state index is 9.22. The summed E-state index contributed by atoms with van der Waals surface area (Å²) in [5.74, 6) is 0.648. The summed E-state index contributed by atoms with van der Waals surface area (Å²) in [5.41, 5.74) is 0.0604. The highest BCUT2D eigenvalue weighted by Crippen LogP contribution is 2.41. The molecule has 16 heavy (non-hydrogen) atoms. The summed E-state index contributed by atoms with van der Waals surface area (Å²) >= 11 is 0. The van der Waals surface area contributed by atoms with Crippen LogP contribution in [0, 0.1) is 11.3 Å². The van der Waals surface area contributed by atoms with Crippen LogP contribution in [0.15, 0.2) is 0 Å². The molecule has 0 heterocycles. The molecule has 0 aromatic heterocycles. The lowest BCUT2D eigenvalue weighted by atomic mass is 9.71. The van der Waals surface area contributed by atoms with E-state index in [9.17, 15) is 5.11 Å². The van der Waals surface area contributed by atoms with E-state index >= 15 is 0 Å². The lowest BCUT2D eigenvalue weighted by Gasteiger charge is -2.40. The van der Waals surface area contributed by atoms with Crippen molar-refractivity contribution < 1.29 is 9.84 Å². The van der Waals surface area contributed by atoms with Crippen molar-refractivity contribution in [3.8, 4) is 0 Å². The number of aliphatic hydroxyl groups excluding tert-OH is 1. The van der Waals surface area contributed by atoms with Crippen LogP contribution in [0.25, 0.3) is 0 Å². The summed E-state index contributed by atoms with van der Waals surface area (Å²) < 4.78 is 5.97. The van der Waals surface area contributed by atoms with Crippen molar-refractivity contribution in [1.29, 1.82) is 0 Å². The van der Waals surface area contributed by atoms with E-state index in [1.54, 1.807) is 0 Å². The van der Waals surface area contributed by atoms with E-state index in [1.807, 2.05) is 13.8 Å². The van der Waals surface area contributed by atoms with Gasteiger partial charge in [-0.1, -0.05) is 20.3 Å². The van der Waals surface area contributed by atoms with Gasteiger partial charge < -0.3 is 9.84 Å². The van der Waals surface area contributed by atoms with Gasteiger partial charge in [0.1, 0.15) is 0 Å². The Morgan fingerprint density at radius 2 is 2.06 bits per heavy atom. The minimum absolute atomic E-state index is 0.0907. The first-order valence-electron chi connectivity index (χ1n) is 6.54. The first-order valence-corrected chi connectivity index (χ1v) is 6.54. The summed E-state index contributed by atoms with van der Waals surface area (Å²) in [4.78, 5) is 0. The fourth-order valence-corrected chi connectivity index (χ4v) is 2.79. The number of hydrogen-bond acceptors (Lipinski definition) is 2. The topological polar surface area (TPSA) is 29.5 Å². The van der Waals surface area contributed by atoms with Crippen LogP contribution >= 0.6 is 0 Å². The third kappa shape index (κ3) is 4.06. The maximum absolute atomic E-state index is 9.22. The predicted molar refractivity (Wildman–Crippen MR) is 67.5 cm³/mol. The van der Waals surface area contributed by atoms with Gasteiger partial charge in [-0.3, -0.25) is 0 Å². The zero-order chi connectivity index (χ0) is 12.4. The van der Waals surface area contributed by atoms with Crippen LogP contribution in [0.3, 0.4) is 0 Å². The van der Waals surface area contributed by atoms with Gasteiger partial charge in [0.2, 0.25) is 0 Å². The molecule has 0 radical (unpaired) electrons. The monoisotopic (exact) mass is 228 g/mol.